The lowest BCUT2D eigenvalue weighted by atomic mass is 10.0. The van der Waals surface area contributed by atoms with Gasteiger partial charge in [0.05, 0.1) is 18.1 Å². The normalized spacial score (nSPS) is 14.3. The molecule has 0 bridgehead atoms. The Morgan fingerprint density at radius 1 is 1.10 bits per heavy atom. The number of H-pyrrole nitrogens is 1. The summed E-state index contributed by atoms with van der Waals surface area (Å²) in [6.45, 7) is 3.96. The van der Waals surface area contributed by atoms with E-state index in [1.54, 1.807) is 24.3 Å². The molecule has 0 saturated carbocycles. The first kappa shape index (κ1) is 18.9. The predicted molar refractivity (Wildman–Crippen MR) is 108 cm³/mol. The minimum atomic E-state index is -0.699. The molecule has 1 aliphatic rings. The number of nitrogens with one attached hydrogen (secondary N) is 1. The third-order valence-corrected chi connectivity index (χ3v) is 5.26. The van der Waals surface area contributed by atoms with Crippen LogP contribution in [0.15, 0.2) is 47.3 Å². The number of aromatic nitrogens is 2. The smallest absolute Gasteiger partial charge is 0.328 e. The minimum Gasteiger partial charge on any atom is -0.467 e. The fourth-order valence-electron chi connectivity index (χ4n) is 3.89. The molecule has 3 aromatic rings. The molecular formula is C22H21N3O4. The van der Waals surface area contributed by atoms with Crippen molar-refractivity contribution in [2.45, 2.75) is 26.4 Å². The Morgan fingerprint density at radius 3 is 2.55 bits per heavy atom. The number of amides is 1. The second-order valence-electron chi connectivity index (χ2n) is 7.41. The van der Waals surface area contributed by atoms with Crippen LogP contribution in [0.25, 0.3) is 22.3 Å². The highest BCUT2D eigenvalue weighted by Gasteiger charge is 2.40. The van der Waals surface area contributed by atoms with Gasteiger partial charge in [0.25, 0.3) is 11.5 Å². The quantitative estimate of drug-likeness (QED) is 0.691. The number of hydrogen-bond acceptors (Lipinski definition) is 5. The van der Waals surface area contributed by atoms with Crippen LogP contribution in [0.2, 0.25) is 0 Å². The Bertz CT molecular complexity index is 1180. The number of nitrogens with zero attached hydrogens (tertiary/aromatic N) is 2. The Balaban J connectivity index is 1.83. The third kappa shape index (κ3) is 3.08. The van der Waals surface area contributed by atoms with E-state index in [0.717, 1.165) is 0 Å². The van der Waals surface area contributed by atoms with Crippen molar-refractivity contribution in [1.29, 1.82) is 0 Å². The van der Waals surface area contributed by atoms with Gasteiger partial charge in [0.1, 0.15) is 11.7 Å². The number of benzene rings is 2. The number of carbonyl (C=O) groups is 2. The molecule has 0 aliphatic carbocycles. The lowest BCUT2D eigenvalue weighted by Gasteiger charge is -2.28. The van der Waals surface area contributed by atoms with E-state index in [1.165, 1.54) is 12.0 Å². The number of aromatic amines is 1. The van der Waals surface area contributed by atoms with E-state index in [4.69, 9.17) is 4.74 Å². The van der Waals surface area contributed by atoms with E-state index in [1.807, 2.05) is 32.0 Å². The minimum absolute atomic E-state index is 0.119. The van der Waals surface area contributed by atoms with Crippen molar-refractivity contribution >= 4 is 22.9 Å². The number of para-hydroxylation sites is 2. The topological polar surface area (TPSA) is 92.4 Å². The maximum absolute atomic E-state index is 13.1. The number of ether oxygens (including phenoxy) is 1. The fraction of sp³-hybridized carbons (Fsp3) is 0.273. The van der Waals surface area contributed by atoms with Gasteiger partial charge in [-0.15, -0.1) is 0 Å². The second kappa shape index (κ2) is 7.16. The summed E-state index contributed by atoms with van der Waals surface area (Å²) in [7, 11) is 1.31. The van der Waals surface area contributed by atoms with Crippen molar-refractivity contribution in [3.8, 4) is 11.3 Å². The van der Waals surface area contributed by atoms with Crippen LogP contribution in [0, 0.1) is 5.92 Å². The first-order chi connectivity index (χ1) is 13.9. The third-order valence-electron chi connectivity index (χ3n) is 5.26. The number of carbonyl (C=O) groups excluding carboxylic acids is 2. The first-order valence-corrected chi connectivity index (χ1v) is 9.42. The summed E-state index contributed by atoms with van der Waals surface area (Å²) in [5, 5.41) is 0. The molecule has 1 atom stereocenters. The summed E-state index contributed by atoms with van der Waals surface area (Å²) in [6, 6.07) is 11.8. The van der Waals surface area contributed by atoms with Gasteiger partial charge in [-0.2, -0.15) is 0 Å². The van der Waals surface area contributed by atoms with Crippen LogP contribution in [0.5, 0.6) is 0 Å². The van der Waals surface area contributed by atoms with Gasteiger partial charge in [-0.25, -0.2) is 9.78 Å². The Morgan fingerprint density at radius 2 is 1.83 bits per heavy atom. The van der Waals surface area contributed by atoms with Crippen molar-refractivity contribution in [2.24, 2.45) is 5.92 Å². The van der Waals surface area contributed by atoms with Gasteiger partial charge in [-0.05, 0) is 29.7 Å². The summed E-state index contributed by atoms with van der Waals surface area (Å²) < 4.78 is 4.92. The molecule has 1 N–H and O–H groups in total. The van der Waals surface area contributed by atoms with Crippen LogP contribution in [0.3, 0.4) is 0 Å². The molecule has 7 nitrogen and oxygen atoms in total. The predicted octanol–water partition coefficient (Wildman–Crippen LogP) is 2.74. The molecule has 0 fully saturated rings. The monoisotopic (exact) mass is 391 g/mol. The Kier molecular flexibility index (Phi) is 4.66. The zero-order chi connectivity index (χ0) is 20.7. The zero-order valence-electron chi connectivity index (χ0n) is 16.4. The van der Waals surface area contributed by atoms with Gasteiger partial charge >= 0.3 is 5.97 Å². The summed E-state index contributed by atoms with van der Waals surface area (Å²) in [5.74, 6) is -0.820. The molecule has 1 aliphatic heterocycles. The molecule has 2 aromatic carbocycles. The lowest BCUT2D eigenvalue weighted by molar-refractivity contribution is -0.147. The summed E-state index contributed by atoms with van der Waals surface area (Å²) in [6.07, 6.45) is 0. The molecule has 0 saturated heterocycles. The van der Waals surface area contributed by atoms with Gasteiger partial charge < -0.3 is 14.6 Å². The average molecular weight is 391 g/mol. The molecule has 7 heteroatoms. The molecule has 148 valence electrons. The van der Waals surface area contributed by atoms with Crippen molar-refractivity contribution in [3.05, 3.63) is 63.9 Å². The van der Waals surface area contributed by atoms with Gasteiger partial charge in [0.15, 0.2) is 0 Å². The largest absolute Gasteiger partial charge is 0.467 e. The van der Waals surface area contributed by atoms with E-state index in [9.17, 15) is 14.4 Å². The molecular weight excluding hydrogens is 370 g/mol. The standard InChI is InChI=1S/C22H21N3O4/c1-12(2)19(22(28)29-3)25-11-15-13(7-6-8-14(15)21(25)27)18-20(26)24-17-10-5-4-9-16(17)23-18/h4-10,12,19H,11H2,1-3H3,(H,24,26)/t19-/m1/s1. The van der Waals surface area contributed by atoms with Crippen molar-refractivity contribution in [2.75, 3.05) is 7.11 Å². The maximum atomic E-state index is 13.1. The summed E-state index contributed by atoms with van der Waals surface area (Å²) >= 11 is 0. The van der Waals surface area contributed by atoms with E-state index >= 15 is 0 Å². The maximum Gasteiger partial charge on any atom is 0.328 e. The Labute approximate surface area is 167 Å². The van der Waals surface area contributed by atoms with Crippen molar-refractivity contribution in [1.82, 2.24) is 14.9 Å². The van der Waals surface area contributed by atoms with E-state index < -0.39 is 12.0 Å². The van der Waals surface area contributed by atoms with Crippen LogP contribution >= 0.6 is 0 Å². The summed E-state index contributed by atoms with van der Waals surface area (Å²) in [4.78, 5) is 47.0. The van der Waals surface area contributed by atoms with Gasteiger partial charge in [-0.3, -0.25) is 9.59 Å². The SMILES string of the molecule is COC(=O)[C@@H](C(C)C)N1Cc2c(cccc2-c2nc3ccccc3[nH]c2=O)C1=O. The second-order valence-corrected chi connectivity index (χ2v) is 7.41. The van der Waals surface area contributed by atoms with Crippen LogP contribution < -0.4 is 5.56 Å². The van der Waals surface area contributed by atoms with Gasteiger partial charge in [-0.1, -0.05) is 38.1 Å². The molecule has 2 heterocycles. The molecule has 1 aromatic heterocycles. The number of methoxy groups -OCH3 is 1. The highest BCUT2D eigenvalue weighted by atomic mass is 16.5. The Hall–Kier alpha value is -3.48. The van der Waals surface area contributed by atoms with Crippen LogP contribution in [-0.2, 0) is 16.1 Å². The molecule has 29 heavy (non-hydrogen) atoms. The number of fused-ring (bicyclic) bond motifs is 2. The number of hydrogen-bond donors (Lipinski definition) is 1. The molecule has 4 rings (SSSR count). The lowest BCUT2D eigenvalue weighted by Crippen LogP contribution is -2.45. The first-order valence-electron chi connectivity index (χ1n) is 9.42. The molecule has 0 unspecified atom stereocenters. The fourth-order valence-corrected chi connectivity index (χ4v) is 3.89. The van der Waals surface area contributed by atoms with Gasteiger partial charge in [0, 0.05) is 17.7 Å². The number of esters is 1. The zero-order valence-corrected chi connectivity index (χ0v) is 16.4. The highest BCUT2D eigenvalue weighted by Crippen LogP contribution is 2.33. The average Bonchev–Trinajstić information content (AvgIpc) is 3.03. The molecule has 0 radical (unpaired) electrons. The molecule has 0 spiro atoms. The van der Waals surface area contributed by atoms with Crippen molar-refractivity contribution in [3.63, 3.8) is 0 Å². The van der Waals surface area contributed by atoms with Crippen LogP contribution in [-0.4, -0.2) is 39.9 Å². The van der Waals surface area contributed by atoms with E-state index in [-0.39, 0.29) is 29.6 Å². The van der Waals surface area contributed by atoms with Crippen LogP contribution in [0.1, 0.15) is 29.8 Å². The van der Waals surface area contributed by atoms with Crippen LogP contribution in [0.4, 0.5) is 0 Å². The van der Waals surface area contributed by atoms with Crippen molar-refractivity contribution < 1.29 is 14.3 Å². The van der Waals surface area contributed by atoms with E-state index in [2.05, 4.69) is 9.97 Å². The highest BCUT2D eigenvalue weighted by molar-refractivity contribution is 6.02. The number of rotatable bonds is 4. The van der Waals surface area contributed by atoms with Gasteiger partial charge in [0.2, 0.25) is 0 Å². The summed E-state index contributed by atoms with van der Waals surface area (Å²) in [5.41, 5.74) is 3.02. The van der Waals surface area contributed by atoms with E-state index in [0.29, 0.717) is 27.7 Å². The molecule has 1 amide bonds.